The van der Waals surface area contributed by atoms with Crippen LogP contribution >= 0.6 is 0 Å². The summed E-state index contributed by atoms with van der Waals surface area (Å²) in [5, 5.41) is 3.42. The maximum Gasteiger partial charge on any atom is 0.0202 e. The lowest BCUT2D eigenvalue weighted by Crippen LogP contribution is -2.32. The first-order valence-electron chi connectivity index (χ1n) is 7.99. The van der Waals surface area contributed by atoms with E-state index in [1.54, 1.807) is 0 Å². The van der Waals surface area contributed by atoms with Crippen molar-refractivity contribution >= 4 is 0 Å². The zero-order valence-corrected chi connectivity index (χ0v) is 13.7. The minimum Gasteiger partial charge on any atom is -0.313 e. The van der Waals surface area contributed by atoms with Gasteiger partial charge >= 0.3 is 0 Å². The molecule has 3 heteroatoms. The van der Waals surface area contributed by atoms with E-state index in [9.17, 15) is 0 Å². The smallest absolute Gasteiger partial charge is 0.0202 e. The first kappa shape index (κ1) is 18.6. The van der Waals surface area contributed by atoms with Crippen molar-refractivity contribution in [1.29, 1.82) is 0 Å². The zero-order chi connectivity index (χ0) is 14.5. The van der Waals surface area contributed by atoms with Crippen molar-refractivity contribution < 1.29 is 0 Å². The first-order valence-corrected chi connectivity index (χ1v) is 7.99. The summed E-state index contributed by atoms with van der Waals surface area (Å²) in [6, 6.07) is 0. The highest BCUT2D eigenvalue weighted by atomic mass is 15.1. The van der Waals surface area contributed by atoms with Crippen molar-refractivity contribution in [1.82, 2.24) is 15.1 Å². The summed E-state index contributed by atoms with van der Waals surface area (Å²) in [4.78, 5) is 4.99. The fraction of sp³-hybridized carbons (Fsp3) is 0.875. The third-order valence-corrected chi connectivity index (χ3v) is 3.54. The highest BCUT2D eigenvalue weighted by Crippen LogP contribution is 1.99. The first-order chi connectivity index (χ1) is 9.17. The van der Waals surface area contributed by atoms with Crippen molar-refractivity contribution in [2.75, 3.05) is 52.4 Å². The van der Waals surface area contributed by atoms with Crippen molar-refractivity contribution in [3.63, 3.8) is 0 Å². The van der Waals surface area contributed by atoms with Crippen LogP contribution < -0.4 is 5.32 Å². The monoisotopic (exact) mass is 269 g/mol. The zero-order valence-electron chi connectivity index (χ0n) is 13.7. The molecule has 0 spiro atoms. The molecule has 3 nitrogen and oxygen atoms in total. The molecular weight excluding hydrogens is 234 g/mol. The van der Waals surface area contributed by atoms with Gasteiger partial charge in [0, 0.05) is 13.1 Å². The predicted molar refractivity (Wildman–Crippen MR) is 86.8 cm³/mol. The van der Waals surface area contributed by atoms with E-state index in [1.807, 2.05) is 0 Å². The molecule has 1 N–H and O–H groups in total. The molecule has 0 amide bonds. The van der Waals surface area contributed by atoms with E-state index >= 15 is 0 Å². The van der Waals surface area contributed by atoms with Gasteiger partial charge in [0.05, 0.1) is 0 Å². The van der Waals surface area contributed by atoms with Crippen LogP contribution in [0.4, 0.5) is 0 Å². The van der Waals surface area contributed by atoms with Gasteiger partial charge in [-0.2, -0.15) is 0 Å². The maximum absolute atomic E-state index is 4.18. The van der Waals surface area contributed by atoms with Crippen LogP contribution in [-0.2, 0) is 0 Å². The Morgan fingerprint density at radius 3 is 2.05 bits per heavy atom. The number of likely N-dealkylation sites (N-methyl/N-ethyl adjacent to an activating group) is 1. The van der Waals surface area contributed by atoms with Gasteiger partial charge in [-0.3, -0.25) is 4.90 Å². The average Bonchev–Trinajstić information content (AvgIpc) is 2.42. The van der Waals surface area contributed by atoms with Crippen LogP contribution in [0.25, 0.3) is 0 Å². The molecule has 0 aliphatic rings. The summed E-state index contributed by atoms with van der Waals surface area (Å²) in [6.45, 7) is 22.0. The molecule has 0 saturated carbocycles. The number of hydrogen-bond acceptors (Lipinski definition) is 3. The molecular formula is C16H35N3. The van der Waals surface area contributed by atoms with Gasteiger partial charge < -0.3 is 10.2 Å². The van der Waals surface area contributed by atoms with E-state index in [0.717, 1.165) is 39.3 Å². The number of rotatable bonds is 13. The van der Waals surface area contributed by atoms with Crippen molar-refractivity contribution in [2.24, 2.45) is 0 Å². The Bertz CT molecular complexity index is 212. The van der Waals surface area contributed by atoms with Crippen molar-refractivity contribution in [2.45, 2.75) is 40.5 Å². The molecule has 0 rings (SSSR count). The van der Waals surface area contributed by atoms with Crippen LogP contribution in [0.2, 0.25) is 0 Å². The molecule has 0 bridgehead atoms. The third-order valence-electron chi connectivity index (χ3n) is 3.54. The van der Waals surface area contributed by atoms with E-state index in [4.69, 9.17) is 0 Å². The molecule has 0 saturated heterocycles. The Kier molecular flexibility index (Phi) is 12.4. The van der Waals surface area contributed by atoms with Gasteiger partial charge in [0.15, 0.2) is 0 Å². The minimum atomic E-state index is 0.959. The lowest BCUT2D eigenvalue weighted by atomic mass is 10.2. The summed E-state index contributed by atoms with van der Waals surface area (Å²) in [6.07, 6.45) is 2.44. The fourth-order valence-corrected chi connectivity index (χ4v) is 2.22. The van der Waals surface area contributed by atoms with Crippen LogP contribution in [0.1, 0.15) is 40.5 Å². The van der Waals surface area contributed by atoms with E-state index in [1.165, 1.54) is 31.5 Å². The molecule has 0 fully saturated rings. The lowest BCUT2D eigenvalue weighted by molar-refractivity contribution is 0.253. The second-order valence-corrected chi connectivity index (χ2v) is 5.18. The van der Waals surface area contributed by atoms with Gasteiger partial charge in [-0.05, 0) is 57.7 Å². The molecule has 0 aromatic rings. The van der Waals surface area contributed by atoms with Gasteiger partial charge in [-0.1, -0.05) is 34.3 Å². The molecule has 0 unspecified atom stereocenters. The van der Waals surface area contributed by atoms with Crippen LogP contribution in [0, 0.1) is 0 Å². The predicted octanol–water partition coefficient (Wildman–Crippen LogP) is 2.60. The summed E-state index contributed by atoms with van der Waals surface area (Å²) < 4.78 is 0. The standard InChI is InChI=1S/C16H35N3/c1-6-11-17-14-16(5)15-19(9-4)13-10-12-18(7-2)8-3/h17H,5-15H2,1-4H3. The Labute approximate surface area is 121 Å². The molecule has 0 aliphatic heterocycles. The number of hydrogen-bond donors (Lipinski definition) is 1. The normalized spacial score (nSPS) is 11.5. The quantitative estimate of drug-likeness (QED) is 0.409. The Hall–Kier alpha value is -0.380. The summed E-state index contributed by atoms with van der Waals surface area (Å²) in [5.74, 6) is 0. The topological polar surface area (TPSA) is 18.5 Å². The molecule has 0 heterocycles. The van der Waals surface area contributed by atoms with Crippen LogP contribution in [-0.4, -0.2) is 62.2 Å². The molecule has 0 aromatic heterocycles. The Balaban J connectivity index is 3.78. The molecule has 0 aromatic carbocycles. The van der Waals surface area contributed by atoms with Gasteiger partial charge in [0.25, 0.3) is 0 Å². The van der Waals surface area contributed by atoms with Crippen LogP contribution in [0.3, 0.4) is 0 Å². The Morgan fingerprint density at radius 1 is 0.947 bits per heavy atom. The summed E-state index contributed by atoms with van der Waals surface area (Å²) in [7, 11) is 0. The molecule has 0 aliphatic carbocycles. The minimum absolute atomic E-state index is 0.959. The molecule has 0 radical (unpaired) electrons. The summed E-state index contributed by atoms with van der Waals surface area (Å²) >= 11 is 0. The van der Waals surface area contributed by atoms with Crippen molar-refractivity contribution in [3.05, 3.63) is 12.2 Å². The fourth-order valence-electron chi connectivity index (χ4n) is 2.22. The third kappa shape index (κ3) is 10.1. The number of nitrogens with zero attached hydrogens (tertiary/aromatic N) is 2. The second kappa shape index (κ2) is 12.6. The second-order valence-electron chi connectivity index (χ2n) is 5.18. The van der Waals surface area contributed by atoms with Gasteiger partial charge in [0.2, 0.25) is 0 Å². The highest BCUT2D eigenvalue weighted by molar-refractivity contribution is 4.99. The maximum atomic E-state index is 4.18. The van der Waals surface area contributed by atoms with E-state index < -0.39 is 0 Å². The van der Waals surface area contributed by atoms with E-state index in [2.05, 4.69) is 49.4 Å². The van der Waals surface area contributed by atoms with Crippen molar-refractivity contribution in [3.8, 4) is 0 Å². The summed E-state index contributed by atoms with van der Waals surface area (Å²) in [5.41, 5.74) is 1.30. The van der Waals surface area contributed by atoms with Gasteiger partial charge in [-0.15, -0.1) is 0 Å². The average molecular weight is 269 g/mol. The van der Waals surface area contributed by atoms with E-state index in [-0.39, 0.29) is 0 Å². The SMILES string of the molecule is C=C(CNCCC)CN(CC)CCCN(CC)CC. The largest absolute Gasteiger partial charge is 0.313 e. The highest BCUT2D eigenvalue weighted by Gasteiger charge is 2.05. The Morgan fingerprint density at radius 2 is 1.53 bits per heavy atom. The van der Waals surface area contributed by atoms with Gasteiger partial charge in [-0.25, -0.2) is 0 Å². The molecule has 114 valence electrons. The van der Waals surface area contributed by atoms with Gasteiger partial charge in [0.1, 0.15) is 0 Å². The lowest BCUT2D eigenvalue weighted by Gasteiger charge is -2.24. The van der Waals surface area contributed by atoms with Crippen LogP contribution in [0.15, 0.2) is 12.2 Å². The molecule has 19 heavy (non-hydrogen) atoms. The number of nitrogens with one attached hydrogen (secondary N) is 1. The van der Waals surface area contributed by atoms with E-state index in [0.29, 0.717) is 0 Å². The van der Waals surface area contributed by atoms with Crippen LogP contribution in [0.5, 0.6) is 0 Å². The molecule has 0 atom stereocenters.